The molecule has 2 amide bonds. The van der Waals surface area contributed by atoms with E-state index in [1.54, 1.807) is 24.5 Å². The number of pyridine rings is 1. The second kappa shape index (κ2) is 8.57. The smallest absolute Gasteiger partial charge is 0.271 e. The van der Waals surface area contributed by atoms with Crippen molar-refractivity contribution in [2.75, 3.05) is 0 Å². The van der Waals surface area contributed by atoms with Gasteiger partial charge < -0.3 is 4.42 Å². The van der Waals surface area contributed by atoms with Crippen molar-refractivity contribution in [3.05, 3.63) is 72.5 Å². The van der Waals surface area contributed by atoms with Crippen LogP contribution in [0.1, 0.15) is 29.1 Å². The number of benzene rings is 1. The quantitative estimate of drug-likeness (QED) is 0.666. The van der Waals surface area contributed by atoms with Crippen LogP contribution >= 0.6 is 0 Å². The standard InChI is InChI=1S/C19H18N4O3/c24-17(22-23-19(25)15-8-5-11-20-12-15)9-4-10-18-21-13-16(26-18)14-6-2-1-3-7-14/h1-3,5-8,11-13H,4,9-10H2,(H,22,24)(H,23,25). The van der Waals surface area contributed by atoms with E-state index in [1.165, 1.54) is 6.20 Å². The minimum Gasteiger partial charge on any atom is -0.441 e. The molecule has 2 aromatic heterocycles. The van der Waals surface area contributed by atoms with E-state index >= 15 is 0 Å². The van der Waals surface area contributed by atoms with Crippen LogP contribution in [-0.2, 0) is 11.2 Å². The van der Waals surface area contributed by atoms with Crippen LogP contribution in [0.25, 0.3) is 11.3 Å². The highest BCUT2D eigenvalue weighted by atomic mass is 16.4. The first-order valence-electron chi connectivity index (χ1n) is 8.22. The van der Waals surface area contributed by atoms with E-state index in [9.17, 15) is 9.59 Å². The van der Waals surface area contributed by atoms with Gasteiger partial charge in [0.25, 0.3) is 5.91 Å². The average molecular weight is 350 g/mol. The molecule has 0 bridgehead atoms. The first-order valence-corrected chi connectivity index (χ1v) is 8.22. The third kappa shape index (κ3) is 4.76. The summed E-state index contributed by atoms with van der Waals surface area (Å²) in [7, 11) is 0. The lowest BCUT2D eigenvalue weighted by atomic mass is 10.2. The number of oxazole rings is 1. The molecule has 0 aliphatic rings. The van der Waals surface area contributed by atoms with Crippen molar-refractivity contribution in [1.29, 1.82) is 0 Å². The van der Waals surface area contributed by atoms with Crippen molar-refractivity contribution in [3.63, 3.8) is 0 Å². The predicted molar refractivity (Wildman–Crippen MR) is 94.7 cm³/mol. The van der Waals surface area contributed by atoms with E-state index < -0.39 is 5.91 Å². The van der Waals surface area contributed by atoms with Crippen LogP contribution in [0.15, 0.2) is 65.5 Å². The Kier molecular flexibility index (Phi) is 5.72. The number of hydrogen-bond acceptors (Lipinski definition) is 5. The van der Waals surface area contributed by atoms with Gasteiger partial charge in [-0.3, -0.25) is 25.4 Å². The van der Waals surface area contributed by atoms with Gasteiger partial charge >= 0.3 is 0 Å². The summed E-state index contributed by atoms with van der Waals surface area (Å²) < 4.78 is 5.69. The molecule has 0 aliphatic heterocycles. The van der Waals surface area contributed by atoms with Gasteiger partial charge in [0, 0.05) is 30.8 Å². The summed E-state index contributed by atoms with van der Waals surface area (Å²) in [6.45, 7) is 0. The van der Waals surface area contributed by atoms with Gasteiger partial charge in [0.15, 0.2) is 11.7 Å². The zero-order valence-corrected chi connectivity index (χ0v) is 14.0. The van der Waals surface area contributed by atoms with E-state index in [0.29, 0.717) is 30.1 Å². The van der Waals surface area contributed by atoms with E-state index in [-0.39, 0.29) is 12.3 Å². The van der Waals surface area contributed by atoms with E-state index in [1.807, 2.05) is 30.3 Å². The Hall–Kier alpha value is -3.48. The number of nitrogens with one attached hydrogen (secondary N) is 2. The van der Waals surface area contributed by atoms with Crippen LogP contribution in [0.4, 0.5) is 0 Å². The zero-order chi connectivity index (χ0) is 18.2. The Morgan fingerprint density at radius 3 is 2.62 bits per heavy atom. The maximum atomic E-state index is 11.8. The molecular weight excluding hydrogens is 332 g/mol. The second-order valence-electron chi connectivity index (χ2n) is 5.58. The molecule has 0 aliphatic carbocycles. The summed E-state index contributed by atoms with van der Waals surface area (Å²) in [6, 6.07) is 13.0. The molecule has 7 nitrogen and oxygen atoms in total. The molecule has 1 aromatic carbocycles. The minimum atomic E-state index is -0.411. The summed E-state index contributed by atoms with van der Waals surface area (Å²) >= 11 is 0. The van der Waals surface area contributed by atoms with Crippen LogP contribution in [0.5, 0.6) is 0 Å². The number of hydrogen-bond donors (Lipinski definition) is 2. The number of carbonyl (C=O) groups excluding carboxylic acids is 2. The molecule has 0 spiro atoms. The van der Waals surface area contributed by atoms with Gasteiger partial charge in [-0.1, -0.05) is 30.3 Å². The summed E-state index contributed by atoms with van der Waals surface area (Å²) in [4.78, 5) is 31.7. The fourth-order valence-electron chi connectivity index (χ4n) is 2.32. The zero-order valence-electron chi connectivity index (χ0n) is 14.0. The molecule has 3 rings (SSSR count). The largest absolute Gasteiger partial charge is 0.441 e. The van der Waals surface area contributed by atoms with Crippen LogP contribution in [0, 0.1) is 0 Å². The molecule has 0 saturated carbocycles. The van der Waals surface area contributed by atoms with Gasteiger partial charge in [-0.25, -0.2) is 4.98 Å². The Labute approximate surface area is 150 Å². The lowest BCUT2D eigenvalue weighted by molar-refractivity contribution is -0.121. The van der Waals surface area contributed by atoms with Crippen molar-refractivity contribution in [2.24, 2.45) is 0 Å². The van der Waals surface area contributed by atoms with E-state index in [2.05, 4.69) is 20.8 Å². The first-order chi connectivity index (χ1) is 12.7. The monoisotopic (exact) mass is 350 g/mol. The highest BCUT2D eigenvalue weighted by molar-refractivity contribution is 5.94. The molecule has 7 heteroatoms. The number of hydrazine groups is 1. The maximum absolute atomic E-state index is 11.8. The number of aryl methyl sites for hydroxylation is 1. The number of rotatable bonds is 6. The van der Waals surface area contributed by atoms with Crippen molar-refractivity contribution < 1.29 is 14.0 Å². The Bertz CT molecular complexity index is 863. The molecule has 0 atom stereocenters. The van der Waals surface area contributed by atoms with Crippen molar-refractivity contribution in [3.8, 4) is 11.3 Å². The van der Waals surface area contributed by atoms with Crippen molar-refractivity contribution >= 4 is 11.8 Å². The van der Waals surface area contributed by atoms with Crippen molar-refractivity contribution in [2.45, 2.75) is 19.3 Å². The summed E-state index contributed by atoms with van der Waals surface area (Å²) in [5.74, 6) is 0.591. The van der Waals surface area contributed by atoms with Gasteiger partial charge in [-0.15, -0.1) is 0 Å². The third-order valence-corrected chi connectivity index (χ3v) is 3.65. The molecule has 2 N–H and O–H groups in total. The molecule has 0 radical (unpaired) electrons. The van der Waals surface area contributed by atoms with Gasteiger partial charge in [-0.2, -0.15) is 0 Å². The molecule has 0 saturated heterocycles. The van der Waals surface area contributed by atoms with Crippen LogP contribution < -0.4 is 10.9 Å². The van der Waals surface area contributed by atoms with Gasteiger partial charge in [-0.05, 0) is 18.6 Å². The van der Waals surface area contributed by atoms with E-state index in [4.69, 9.17) is 4.42 Å². The molecule has 3 aromatic rings. The second-order valence-corrected chi connectivity index (χ2v) is 5.58. The maximum Gasteiger partial charge on any atom is 0.271 e. The lowest BCUT2D eigenvalue weighted by Crippen LogP contribution is -2.41. The fraction of sp³-hybridized carbons (Fsp3) is 0.158. The predicted octanol–water partition coefficient (Wildman–Crippen LogP) is 2.52. The molecule has 132 valence electrons. The number of amides is 2. The normalized spacial score (nSPS) is 10.3. The number of carbonyl (C=O) groups is 2. The highest BCUT2D eigenvalue weighted by Gasteiger charge is 2.09. The Balaban J connectivity index is 1.40. The fourth-order valence-corrected chi connectivity index (χ4v) is 2.32. The molecule has 2 heterocycles. The summed E-state index contributed by atoms with van der Waals surface area (Å²) in [5.41, 5.74) is 6.07. The first kappa shape index (κ1) is 17.3. The van der Waals surface area contributed by atoms with Gasteiger partial charge in [0.1, 0.15) is 0 Å². The Morgan fingerprint density at radius 1 is 1.00 bits per heavy atom. The van der Waals surface area contributed by atoms with Crippen molar-refractivity contribution in [1.82, 2.24) is 20.8 Å². The van der Waals surface area contributed by atoms with Crippen LogP contribution in [0.3, 0.4) is 0 Å². The SMILES string of the molecule is O=C(CCCc1ncc(-c2ccccc2)o1)NNC(=O)c1cccnc1. The summed E-state index contributed by atoms with van der Waals surface area (Å²) in [5, 5.41) is 0. The topological polar surface area (TPSA) is 97.1 Å². The molecule has 26 heavy (non-hydrogen) atoms. The van der Waals surface area contributed by atoms with E-state index in [0.717, 1.165) is 5.56 Å². The van der Waals surface area contributed by atoms with Crippen LogP contribution in [0.2, 0.25) is 0 Å². The van der Waals surface area contributed by atoms with Crippen LogP contribution in [-0.4, -0.2) is 21.8 Å². The number of nitrogens with zero attached hydrogens (tertiary/aromatic N) is 2. The lowest BCUT2D eigenvalue weighted by Gasteiger charge is -2.06. The average Bonchev–Trinajstić information content (AvgIpc) is 3.16. The highest BCUT2D eigenvalue weighted by Crippen LogP contribution is 2.20. The Morgan fingerprint density at radius 2 is 1.85 bits per heavy atom. The third-order valence-electron chi connectivity index (χ3n) is 3.65. The molecular formula is C19H18N4O3. The van der Waals surface area contributed by atoms with Gasteiger partial charge in [0.05, 0.1) is 11.8 Å². The molecule has 0 unspecified atom stereocenters. The minimum absolute atomic E-state index is 0.246. The summed E-state index contributed by atoms with van der Waals surface area (Å²) in [6.07, 6.45) is 6.02. The molecule has 0 fully saturated rings. The number of aromatic nitrogens is 2. The van der Waals surface area contributed by atoms with Gasteiger partial charge in [0.2, 0.25) is 5.91 Å².